The van der Waals surface area contributed by atoms with Crippen molar-refractivity contribution in [1.82, 2.24) is 9.97 Å². The van der Waals surface area contributed by atoms with Gasteiger partial charge in [0.15, 0.2) is 5.78 Å². The second-order valence-corrected chi connectivity index (χ2v) is 7.39. The number of morpholine rings is 1. The summed E-state index contributed by atoms with van der Waals surface area (Å²) in [5.41, 5.74) is 0.409. The number of hydrogen-bond acceptors (Lipinski definition) is 8. The predicted molar refractivity (Wildman–Crippen MR) is 102 cm³/mol. The number of thioether (sulfide) groups is 1. The summed E-state index contributed by atoms with van der Waals surface area (Å²) in [5.74, 6) is 0.908. The van der Waals surface area contributed by atoms with Crippen molar-refractivity contribution in [3.05, 3.63) is 52.3 Å². The van der Waals surface area contributed by atoms with Crippen LogP contribution in [0, 0.1) is 10.1 Å². The van der Waals surface area contributed by atoms with Gasteiger partial charge in [-0.3, -0.25) is 14.9 Å². The first-order valence-electron chi connectivity index (χ1n) is 8.55. The van der Waals surface area contributed by atoms with Gasteiger partial charge in [-0.25, -0.2) is 9.97 Å². The van der Waals surface area contributed by atoms with Crippen molar-refractivity contribution in [2.24, 2.45) is 0 Å². The zero-order chi connectivity index (χ0) is 19.4. The Morgan fingerprint density at radius 1 is 1.26 bits per heavy atom. The fourth-order valence-corrected chi connectivity index (χ4v) is 3.69. The Labute approximate surface area is 161 Å². The maximum Gasteiger partial charge on any atom is 0.269 e. The number of nitrogens with zero attached hydrogens (tertiary/aromatic N) is 4. The lowest BCUT2D eigenvalue weighted by molar-refractivity contribution is -0.384. The number of nitro benzene ring substituents is 1. The average Bonchev–Trinajstić information content (AvgIpc) is 2.65. The number of non-ortho nitro benzene ring substituents is 1. The Morgan fingerprint density at radius 2 is 1.93 bits per heavy atom. The third-order valence-corrected chi connectivity index (χ3v) is 5.05. The summed E-state index contributed by atoms with van der Waals surface area (Å²) in [6.07, 6.45) is 1.76. The van der Waals surface area contributed by atoms with Crippen molar-refractivity contribution in [3.63, 3.8) is 0 Å². The quantitative estimate of drug-likeness (QED) is 0.245. The number of anilines is 1. The molecule has 1 aromatic heterocycles. The summed E-state index contributed by atoms with van der Waals surface area (Å²) in [5, 5.41) is 11.4. The van der Waals surface area contributed by atoms with Gasteiger partial charge in [-0.15, -0.1) is 0 Å². The Morgan fingerprint density at radius 3 is 2.56 bits per heavy atom. The van der Waals surface area contributed by atoms with Crippen LogP contribution in [-0.4, -0.2) is 51.7 Å². The summed E-state index contributed by atoms with van der Waals surface area (Å²) >= 11 is 1.32. The molecule has 2 atom stereocenters. The first kappa shape index (κ1) is 19.2. The highest BCUT2D eigenvalue weighted by Gasteiger charge is 2.23. The van der Waals surface area contributed by atoms with Crippen LogP contribution in [0.5, 0.6) is 0 Å². The lowest BCUT2D eigenvalue weighted by Crippen LogP contribution is -2.45. The molecule has 2 aromatic rings. The molecule has 0 amide bonds. The molecule has 1 saturated heterocycles. The van der Waals surface area contributed by atoms with E-state index in [2.05, 4.69) is 14.9 Å². The van der Waals surface area contributed by atoms with Crippen molar-refractivity contribution >= 4 is 29.1 Å². The van der Waals surface area contributed by atoms with Crippen molar-refractivity contribution in [3.8, 4) is 0 Å². The Hall–Kier alpha value is -2.52. The third kappa shape index (κ3) is 5.01. The third-order valence-electron chi connectivity index (χ3n) is 4.12. The van der Waals surface area contributed by atoms with E-state index >= 15 is 0 Å². The van der Waals surface area contributed by atoms with Gasteiger partial charge < -0.3 is 9.64 Å². The first-order chi connectivity index (χ1) is 12.9. The van der Waals surface area contributed by atoms with Crippen LogP contribution in [0.25, 0.3) is 0 Å². The molecule has 0 bridgehead atoms. The van der Waals surface area contributed by atoms with E-state index in [-0.39, 0.29) is 29.4 Å². The minimum atomic E-state index is -0.487. The fraction of sp³-hybridized carbons (Fsp3) is 0.389. The summed E-state index contributed by atoms with van der Waals surface area (Å²) < 4.78 is 5.74. The molecule has 2 heterocycles. The number of carbonyl (C=O) groups is 1. The number of ether oxygens (including phenoxy) is 1. The van der Waals surface area contributed by atoms with Crippen molar-refractivity contribution in [2.45, 2.75) is 31.1 Å². The second kappa shape index (κ2) is 8.45. The van der Waals surface area contributed by atoms with Crippen molar-refractivity contribution < 1.29 is 14.5 Å². The Bertz CT molecular complexity index is 820. The van der Waals surface area contributed by atoms with Gasteiger partial charge in [-0.05, 0) is 26.0 Å². The van der Waals surface area contributed by atoms with Crippen LogP contribution in [0.4, 0.5) is 11.5 Å². The predicted octanol–water partition coefficient (Wildman–Crippen LogP) is 2.97. The molecule has 1 aliphatic heterocycles. The van der Waals surface area contributed by atoms with Gasteiger partial charge in [-0.1, -0.05) is 11.8 Å². The summed E-state index contributed by atoms with van der Waals surface area (Å²) in [4.78, 5) is 33.2. The van der Waals surface area contributed by atoms with Crippen LogP contribution in [0.15, 0.2) is 41.7 Å². The van der Waals surface area contributed by atoms with E-state index in [0.717, 1.165) is 18.9 Å². The number of rotatable bonds is 6. The smallest absolute Gasteiger partial charge is 0.269 e. The molecule has 2 unspecified atom stereocenters. The van der Waals surface area contributed by atoms with Crippen LogP contribution in [-0.2, 0) is 4.74 Å². The van der Waals surface area contributed by atoms with E-state index in [1.807, 2.05) is 19.9 Å². The summed E-state index contributed by atoms with van der Waals surface area (Å²) in [7, 11) is 0. The van der Waals surface area contributed by atoms with E-state index in [0.29, 0.717) is 10.6 Å². The highest BCUT2D eigenvalue weighted by Crippen LogP contribution is 2.23. The molecule has 27 heavy (non-hydrogen) atoms. The maximum atomic E-state index is 12.3. The van der Waals surface area contributed by atoms with Crippen LogP contribution in [0.2, 0.25) is 0 Å². The molecule has 0 spiro atoms. The molecule has 142 valence electrons. The topological polar surface area (TPSA) is 98.5 Å². The molecule has 0 radical (unpaired) electrons. The number of Topliss-reactive ketones (excluding diaryl/α,β-unsaturated/α-hetero) is 1. The van der Waals surface area contributed by atoms with Crippen LogP contribution >= 0.6 is 11.8 Å². The number of carbonyl (C=O) groups excluding carboxylic acids is 1. The molecule has 9 heteroatoms. The molecular formula is C18H20N4O4S. The van der Waals surface area contributed by atoms with Gasteiger partial charge in [0.25, 0.3) is 5.69 Å². The molecule has 3 rings (SSSR count). The molecule has 0 aliphatic carbocycles. The highest BCUT2D eigenvalue weighted by molar-refractivity contribution is 7.99. The van der Waals surface area contributed by atoms with E-state index in [1.165, 1.54) is 42.4 Å². The summed E-state index contributed by atoms with van der Waals surface area (Å²) in [6.45, 7) is 5.57. The molecule has 8 nitrogen and oxygen atoms in total. The van der Waals surface area contributed by atoms with Crippen LogP contribution in [0.1, 0.15) is 24.2 Å². The van der Waals surface area contributed by atoms with Crippen molar-refractivity contribution in [1.29, 1.82) is 0 Å². The van der Waals surface area contributed by atoms with E-state index in [9.17, 15) is 14.9 Å². The number of nitro groups is 1. The van der Waals surface area contributed by atoms with Gasteiger partial charge in [0.2, 0.25) is 0 Å². The molecular weight excluding hydrogens is 368 g/mol. The highest BCUT2D eigenvalue weighted by atomic mass is 32.2. The minimum Gasteiger partial charge on any atom is -0.372 e. The van der Waals surface area contributed by atoms with Crippen LogP contribution < -0.4 is 4.90 Å². The zero-order valence-corrected chi connectivity index (χ0v) is 15.9. The molecule has 0 N–H and O–H groups in total. The largest absolute Gasteiger partial charge is 0.372 e. The molecule has 1 aliphatic rings. The average molecular weight is 388 g/mol. The molecule has 1 fully saturated rings. The Kier molecular flexibility index (Phi) is 6.02. The zero-order valence-electron chi connectivity index (χ0n) is 15.1. The standard InChI is InChI=1S/C18H20N4O4S/c1-12-8-21(9-13(2)26-12)17-7-18(20-11-19-17)27-10-16(23)14-3-5-15(6-4-14)22(24)25/h3-7,11-13H,8-10H2,1-2H3. The van der Waals surface area contributed by atoms with E-state index in [4.69, 9.17) is 4.74 Å². The SMILES string of the molecule is CC1CN(c2cc(SCC(=O)c3ccc([N+](=O)[O-])cc3)ncn2)CC(C)O1. The Balaban J connectivity index is 1.62. The van der Waals surface area contributed by atoms with Gasteiger partial charge in [0.1, 0.15) is 17.2 Å². The maximum absolute atomic E-state index is 12.3. The van der Waals surface area contributed by atoms with Gasteiger partial charge >= 0.3 is 0 Å². The fourth-order valence-electron chi connectivity index (χ4n) is 2.94. The first-order valence-corrected chi connectivity index (χ1v) is 9.54. The molecule has 0 saturated carbocycles. The monoisotopic (exact) mass is 388 g/mol. The number of ketones is 1. The number of hydrogen-bond donors (Lipinski definition) is 0. The minimum absolute atomic E-state index is 0.0337. The lowest BCUT2D eigenvalue weighted by atomic mass is 10.1. The van der Waals surface area contributed by atoms with Crippen LogP contribution in [0.3, 0.4) is 0 Å². The summed E-state index contributed by atoms with van der Waals surface area (Å²) in [6, 6.07) is 7.49. The van der Waals surface area contributed by atoms with E-state index in [1.54, 1.807) is 0 Å². The van der Waals surface area contributed by atoms with Gasteiger partial charge in [-0.2, -0.15) is 0 Å². The number of aromatic nitrogens is 2. The second-order valence-electron chi connectivity index (χ2n) is 6.39. The van der Waals surface area contributed by atoms with E-state index < -0.39 is 4.92 Å². The molecule has 1 aromatic carbocycles. The van der Waals surface area contributed by atoms with Gasteiger partial charge in [0, 0.05) is 36.9 Å². The lowest BCUT2D eigenvalue weighted by Gasteiger charge is -2.36. The van der Waals surface area contributed by atoms with Crippen molar-refractivity contribution in [2.75, 3.05) is 23.7 Å². The normalized spacial score (nSPS) is 19.7. The number of benzene rings is 1. The van der Waals surface area contributed by atoms with Gasteiger partial charge in [0.05, 0.1) is 22.9 Å².